The lowest BCUT2D eigenvalue weighted by molar-refractivity contribution is -0.134. The largest absolute Gasteiger partial charge is 0.521 e. The molecule has 4 heteroatoms. The fourth-order valence-corrected chi connectivity index (χ4v) is 3.99. The van der Waals surface area contributed by atoms with Crippen LogP contribution in [0.15, 0.2) is 0 Å². The van der Waals surface area contributed by atoms with Gasteiger partial charge in [0.2, 0.25) is 9.04 Å². The van der Waals surface area contributed by atoms with Crippen molar-refractivity contribution in [3.8, 4) is 0 Å². The van der Waals surface area contributed by atoms with Crippen molar-refractivity contribution in [2.24, 2.45) is 0 Å². The second-order valence-electron chi connectivity index (χ2n) is 3.88. The second-order valence-corrected chi connectivity index (χ2v) is 8.09. The van der Waals surface area contributed by atoms with Crippen LogP contribution in [0.25, 0.3) is 0 Å². The molecule has 0 bridgehead atoms. The van der Waals surface area contributed by atoms with Gasteiger partial charge in [-0.15, -0.1) is 11.6 Å². The summed E-state index contributed by atoms with van der Waals surface area (Å²) in [5.74, 6) is 0.227. The van der Waals surface area contributed by atoms with Crippen LogP contribution in [0.1, 0.15) is 34.1 Å². The molecule has 0 aliphatic carbocycles. The second kappa shape index (κ2) is 6.43. The van der Waals surface area contributed by atoms with Crippen LogP contribution in [0, 0.1) is 0 Å². The Balaban J connectivity index is 4.02. The van der Waals surface area contributed by atoms with Crippen molar-refractivity contribution < 1.29 is 9.22 Å². The topological polar surface area (TPSA) is 26.3 Å². The van der Waals surface area contributed by atoms with Crippen molar-refractivity contribution >= 4 is 26.6 Å². The lowest BCUT2D eigenvalue weighted by Crippen LogP contribution is -2.28. The quantitative estimate of drug-likeness (QED) is 0.528. The third-order valence-electron chi connectivity index (χ3n) is 1.88. The Hall–Kier alpha value is -0.0231. The lowest BCUT2D eigenvalue weighted by atomic mass is 10.5. The van der Waals surface area contributed by atoms with Gasteiger partial charge in [0.05, 0.1) is 6.42 Å². The first-order valence-electron chi connectivity index (χ1n) is 4.74. The van der Waals surface area contributed by atoms with E-state index in [-0.39, 0.29) is 5.97 Å². The molecule has 0 N–H and O–H groups in total. The summed E-state index contributed by atoms with van der Waals surface area (Å²) < 4.78 is 5.43. The van der Waals surface area contributed by atoms with E-state index in [0.29, 0.717) is 23.4 Å². The van der Waals surface area contributed by atoms with Gasteiger partial charge in [-0.2, -0.15) is 0 Å². The molecule has 0 radical (unpaired) electrons. The number of rotatable bonds is 5. The molecule has 0 aromatic rings. The van der Waals surface area contributed by atoms with E-state index in [9.17, 15) is 4.79 Å². The van der Waals surface area contributed by atoms with Crippen LogP contribution in [0.2, 0.25) is 11.1 Å². The predicted molar refractivity (Wildman–Crippen MR) is 58.8 cm³/mol. The van der Waals surface area contributed by atoms with Gasteiger partial charge in [0.15, 0.2) is 0 Å². The molecule has 0 aromatic heterocycles. The van der Waals surface area contributed by atoms with E-state index in [0.717, 1.165) is 0 Å². The summed E-state index contributed by atoms with van der Waals surface area (Å²) in [4.78, 5) is 11.2. The van der Waals surface area contributed by atoms with E-state index < -0.39 is 9.04 Å². The first-order valence-corrected chi connectivity index (χ1v) is 7.08. The Bertz CT molecular complexity index is 152. The van der Waals surface area contributed by atoms with E-state index in [2.05, 4.69) is 27.7 Å². The Kier molecular flexibility index (Phi) is 6.42. The van der Waals surface area contributed by atoms with Crippen molar-refractivity contribution in [2.75, 3.05) is 5.88 Å². The number of hydrogen-bond acceptors (Lipinski definition) is 2. The average molecular weight is 223 g/mol. The van der Waals surface area contributed by atoms with Crippen molar-refractivity contribution in [2.45, 2.75) is 45.2 Å². The minimum absolute atomic E-state index is 0.130. The van der Waals surface area contributed by atoms with Gasteiger partial charge in [-0.3, -0.25) is 4.79 Å². The third kappa shape index (κ3) is 5.31. The highest BCUT2D eigenvalue weighted by atomic mass is 35.5. The molecule has 0 atom stereocenters. The van der Waals surface area contributed by atoms with Crippen LogP contribution in [0.3, 0.4) is 0 Å². The Morgan fingerprint density at radius 3 is 2.08 bits per heavy atom. The first-order chi connectivity index (χ1) is 5.99. The van der Waals surface area contributed by atoms with E-state index in [1.165, 1.54) is 0 Å². The number of carbonyl (C=O) groups is 1. The van der Waals surface area contributed by atoms with Gasteiger partial charge in [-0.05, 0) is 11.1 Å². The van der Waals surface area contributed by atoms with Crippen LogP contribution in [0.4, 0.5) is 0 Å². The first kappa shape index (κ1) is 13.0. The third-order valence-corrected chi connectivity index (χ3v) is 5.23. The molecular formula is C9H19ClO2Si. The summed E-state index contributed by atoms with van der Waals surface area (Å²) in [6.45, 7) is 8.46. The Morgan fingerprint density at radius 2 is 1.77 bits per heavy atom. The van der Waals surface area contributed by atoms with Gasteiger partial charge in [0.1, 0.15) is 0 Å². The minimum Gasteiger partial charge on any atom is -0.521 e. The zero-order valence-corrected chi connectivity index (χ0v) is 10.8. The Labute approximate surface area is 87.3 Å². The predicted octanol–water partition coefficient (Wildman–Crippen LogP) is 2.70. The smallest absolute Gasteiger partial charge is 0.293 e. The van der Waals surface area contributed by atoms with Crippen LogP contribution in [-0.2, 0) is 9.22 Å². The standard InChI is InChI=1S/C9H19ClO2Si/c1-7(2)13(8(3)4)12-9(11)5-6-10/h7-8,13H,5-6H2,1-4H3. The maximum absolute atomic E-state index is 11.2. The summed E-state index contributed by atoms with van der Waals surface area (Å²) in [5.41, 5.74) is 0.999. The van der Waals surface area contributed by atoms with Crippen molar-refractivity contribution in [3.63, 3.8) is 0 Å². The summed E-state index contributed by atoms with van der Waals surface area (Å²) in [5, 5.41) is 0. The molecule has 0 amide bonds. The molecule has 0 saturated heterocycles. The normalized spacial score (nSPS) is 11.4. The highest BCUT2D eigenvalue weighted by Crippen LogP contribution is 2.21. The van der Waals surface area contributed by atoms with Gasteiger partial charge < -0.3 is 4.43 Å². The van der Waals surface area contributed by atoms with E-state index >= 15 is 0 Å². The van der Waals surface area contributed by atoms with Crippen LogP contribution >= 0.6 is 11.6 Å². The monoisotopic (exact) mass is 222 g/mol. The zero-order chi connectivity index (χ0) is 10.4. The molecule has 13 heavy (non-hydrogen) atoms. The number of hydrogen-bond donors (Lipinski definition) is 0. The molecule has 0 aliphatic heterocycles. The van der Waals surface area contributed by atoms with Crippen LogP contribution in [0.5, 0.6) is 0 Å². The molecule has 78 valence electrons. The van der Waals surface area contributed by atoms with Crippen LogP contribution in [-0.4, -0.2) is 20.9 Å². The van der Waals surface area contributed by atoms with E-state index in [1.807, 2.05) is 0 Å². The fraction of sp³-hybridized carbons (Fsp3) is 0.889. The lowest BCUT2D eigenvalue weighted by Gasteiger charge is -2.22. The summed E-state index contributed by atoms with van der Waals surface area (Å²) in [7, 11) is -1.38. The van der Waals surface area contributed by atoms with E-state index in [1.54, 1.807) is 0 Å². The maximum Gasteiger partial charge on any atom is 0.293 e. The molecular weight excluding hydrogens is 204 g/mol. The van der Waals surface area contributed by atoms with Crippen LogP contribution < -0.4 is 0 Å². The summed E-state index contributed by atoms with van der Waals surface area (Å²) in [6, 6.07) is 0. The van der Waals surface area contributed by atoms with Gasteiger partial charge in [-0.25, -0.2) is 0 Å². The highest BCUT2D eigenvalue weighted by Gasteiger charge is 2.24. The Morgan fingerprint density at radius 1 is 1.31 bits per heavy atom. The van der Waals surface area contributed by atoms with Crippen molar-refractivity contribution in [1.82, 2.24) is 0 Å². The number of carbonyl (C=O) groups excluding carboxylic acids is 1. The van der Waals surface area contributed by atoms with Gasteiger partial charge >= 0.3 is 0 Å². The number of alkyl halides is 1. The molecule has 0 aliphatic rings. The zero-order valence-electron chi connectivity index (χ0n) is 8.84. The van der Waals surface area contributed by atoms with Crippen molar-refractivity contribution in [3.05, 3.63) is 0 Å². The fourth-order valence-electron chi connectivity index (χ4n) is 1.33. The van der Waals surface area contributed by atoms with E-state index in [4.69, 9.17) is 16.0 Å². The average Bonchev–Trinajstić information content (AvgIpc) is 1.99. The minimum atomic E-state index is -1.38. The molecule has 0 aromatic carbocycles. The molecule has 0 heterocycles. The molecule has 0 saturated carbocycles. The highest BCUT2D eigenvalue weighted by molar-refractivity contribution is 6.56. The maximum atomic E-state index is 11.2. The number of halogens is 1. The molecule has 0 spiro atoms. The molecule has 0 unspecified atom stereocenters. The molecule has 2 nitrogen and oxygen atoms in total. The van der Waals surface area contributed by atoms with Crippen molar-refractivity contribution in [1.29, 1.82) is 0 Å². The van der Waals surface area contributed by atoms with Gasteiger partial charge in [0, 0.05) is 5.88 Å². The molecule has 0 rings (SSSR count). The summed E-state index contributed by atoms with van der Waals surface area (Å²) in [6.07, 6.45) is 0.338. The summed E-state index contributed by atoms with van der Waals surface area (Å²) >= 11 is 5.45. The van der Waals surface area contributed by atoms with Gasteiger partial charge in [-0.1, -0.05) is 27.7 Å². The SMILES string of the molecule is CC(C)[SiH](OC(=O)CCCl)C(C)C. The van der Waals surface area contributed by atoms with Gasteiger partial charge in [0.25, 0.3) is 5.97 Å². The molecule has 0 fully saturated rings.